The first-order chi connectivity index (χ1) is 12.5. The molecule has 0 fully saturated rings. The van der Waals surface area contributed by atoms with Crippen LogP contribution in [0.25, 0.3) is 21.8 Å². The van der Waals surface area contributed by atoms with Crippen LogP contribution in [0.15, 0.2) is 59.5 Å². The van der Waals surface area contributed by atoms with E-state index in [0.717, 1.165) is 17.0 Å². The second kappa shape index (κ2) is 5.85. The van der Waals surface area contributed by atoms with Crippen LogP contribution >= 0.6 is 0 Å². The number of aromatic amines is 2. The van der Waals surface area contributed by atoms with E-state index in [0.29, 0.717) is 16.6 Å². The number of amides is 1. The predicted molar refractivity (Wildman–Crippen MR) is 97.5 cm³/mol. The van der Waals surface area contributed by atoms with Crippen LogP contribution in [-0.4, -0.2) is 20.8 Å². The number of benzene rings is 2. The molecule has 2 aromatic carbocycles. The van der Waals surface area contributed by atoms with E-state index >= 15 is 0 Å². The second-order valence-corrected chi connectivity index (χ2v) is 5.73. The number of pyridine rings is 1. The van der Waals surface area contributed by atoms with Crippen LogP contribution in [0.5, 0.6) is 0 Å². The van der Waals surface area contributed by atoms with E-state index in [-0.39, 0.29) is 11.3 Å². The maximum atomic E-state index is 12.8. The number of H-pyrrole nitrogens is 2. The third-order valence-corrected chi connectivity index (χ3v) is 4.13. The first-order valence-corrected chi connectivity index (χ1v) is 7.72. The number of carbonyl (C=O) groups excluding carboxylic acids is 1. The van der Waals surface area contributed by atoms with Gasteiger partial charge in [0.25, 0.3) is 11.6 Å². The molecular weight excluding hydrogens is 336 g/mol. The second-order valence-electron chi connectivity index (χ2n) is 5.73. The van der Waals surface area contributed by atoms with Crippen LogP contribution in [0.2, 0.25) is 0 Å². The van der Waals surface area contributed by atoms with Crippen LogP contribution in [0, 0.1) is 10.1 Å². The SMILES string of the molecule is O=C(Nc1cccc2[nH]ccc12)c1cc(=O)[nH]c2ccc([N+](=O)[O-])cc12. The molecule has 0 aliphatic rings. The number of hydrogen-bond acceptors (Lipinski definition) is 4. The van der Waals surface area contributed by atoms with Crippen molar-refractivity contribution in [2.75, 3.05) is 5.32 Å². The Balaban J connectivity index is 1.83. The predicted octanol–water partition coefficient (Wildman–Crippen LogP) is 3.17. The van der Waals surface area contributed by atoms with Gasteiger partial charge in [-0.2, -0.15) is 0 Å². The Kier molecular flexibility index (Phi) is 3.51. The third-order valence-electron chi connectivity index (χ3n) is 4.13. The van der Waals surface area contributed by atoms with Gasteiger partial charge >= 0.3 is 0 Å². The number of nitro groups is 1. The van der Waals surface area contributed by atoms with Gasteiger partial charge in [-0.3, -0.25) is 19.7 Å². The highest BCUT2D eigenvalue weighted by atomic mass is 16.6. The van der Waals surface area contributed by atoms with Crippen molar-refractivity contribution in [1.29, 1.82) is 0 Å². The number of carbonyl (C=O) groups is 1. The van der Waals surface area contributed by atoms with Crippen molar-refractivity contribution in [3.63, 3.8) is 0 Å². The minimum absolute atomic E-state index is 0.0694. The lowest BCUT2D eigenvalue weighted by Gasteiger charge is -2.09. The quantitative estimate of drug-likeness (QED) is 0.389. The molecule has 4 aromatic rings. The molecule has 128 valence electrons. The van der Waals surface area contributed by atoms with Crippen molar-refractivity contribution in [3.05, 3.63) is 80.8 Å². The van der Waals surface area contributed by atoms with Gasteiger partial charge in [0.15, 0.2) is 0 Å². The summed E-state index contributed by atoms with van der Waals surface area (Å²) in [7, 11) is 0. The summed E-state index contributed by atoms with van der Waals surface area (Å²) in [6.45, 7) is 0. The van der Waals surface area contributed by atoms with Gasteiger partial charge in [0.1, 0.15) is 0 Å². The molecule has 0 aliphatic heterocycles. The van der Waals surface area contributed by atoms with Gasteiger partial charge in [-0.15, -0.1) is 0 Å². The topological polar surface area (TPSA) is 121 Å². The Morgan fingerprint density at radius 3 is 2.69 bits per heavy atom. The number of fused-ring (bicyclic) bond motifs is 2. The van der Waals surface area contributed by atoms with E-state index in [1.165, 1.54) is 18.2 Å². The standard InChI is InChI=1S/C18H12N4O4/c23-17-9-13(12-8-10(22(25)26)4-5-16(12)20-17)18(24)21-15-3-1-2-14-11(15)6-7-19-14/h1-9,19H,(H,20,23)(H,21,24). The summed E-state index contributed by atoms with van der Waals surface area (Å²) < 4.78 is 0. The Labute approximate surface area is 145 Å². The van der Waals surface area contributed by atoms with Crippen LogP contribution in [0.4, 0.5) is 11.4 Å². The fourth-order valence-corrected chi connectivity index (χ4v) is 2.93. The Bertz CT molecular complexity index is 1240. The summed E-state index contributed by atoms with van der Waals surface area (Å²) in [5.41, 5.74) is 1.23. The smallest absolute Gasteiger partial charge is 0.270 e. The first-order valence-electron chi connectivity index (χ1n) is 7.72. The molecule has 0 saturated heterocycles. The molecule has 1 amide bonds. The van der Waals surface area contributed by atoms with Gasteiger partial charge in [0, 0.05) is 46.2 Å². The zero-order chi connectivity index (χ0) is 18.3. The molecule has 8 nitrogen and oxygen atoms in total. The summed E-state index contributed by atoms with van der Waals surface area (Å²) in [4.78, 5) is 40.8. The molecule has 4 rings (SSSR count). The largest absolute Gasteiger partial charge is 0.361 e. The summed E-state index contributed by atoms with van der Waals surface area (Å²) >= 11 is 0. The molecule has 8 heteroatoms. The summed E-state index contributed by atoms with van der Waals surface area (Å²) in [5, 5.41) is 14.9. The fraction of sp³-hybridized carbons (Fsp3) is 0. The molecule has 0 atom stereocenters. The van der Waals surface area contributed by atoms with E-state index in [9.17, 15) is 19.7 Å². The minimum Gasteiger partial charge on any atom is -0.361 e. The lowest BCUT2D eigenvalue weighted by atomic mass is 10.1. The number of aromatic nitrogens is 2. The maximum absolute atomic E-state index is 12.8. The number of anilines is 1. The van der Waals surface area contributed by atoms with E-state index in [4.69, 9.17) is 0 Å². The van der Waals surface area contributed by atoms with Gasteiger partial charge in [-0.05, 0) is 24.3 Å². The van der Waals surface area contributed by atoms with Crippen molar-refractivity contribution in [3.8, 4) is 0 Å². The number of nitro benzene ring substituents is 1. The summed E-state index contributed by atoms with van der Waals surface area (Å²) in [5.74, 6) is -0.518. The molecule has 0 radical (unpaired) electrons. The summed E-state index contributed by atoms with van der Waals surface area (Å²) in [6, 6.07) is 12.3. The molecule has 2 aromatic heterocycles. The van der Waals surface area contributed by atoms with Crippen molar-refractivity contribution < 1.29 is 9.72 Å². The van der Waals surface area contributed by atoms with Gasteiger partial charge in [0.05, 0.1) is 16.2 Å². The Hall–Kier alpha value is -3.94. The number of non-ortho nitro benzene ring substituents is 1. The van der Waals surface area contributed by atoms with Crippen molar-refractivity contribution in [2.24, 2.45) is 0 Å². The zero-order valence-corrected chi connectivity index (χ0v) is 13.3. The number of nitrogens with one attached hydrogen (secondary N) is 3. The van der Waals surface area contributed by atoms with Gasteiger partial charge in [-0.1, -0.05) is 6.07 Å². The lowest BCUT2D eigenvalue weighted by Crippen LogP contribution is -2.17. The molecular formula is C18H12N4O4. The number of hydrogen-bond donors (Lipinski definition) is 3. The average Bonchev–Trinajstić information content (AvgIpc) is 3.10. The zero-order valence-electron chi connectivity index (χ0n) is 13.3. The highest BCUT2D eigenvalue weighted by Crippen LogP contribution is 2.25. The molecule has 0 bridgehead atoms. The first kappa shape index (κ1) is 15.6. The highest BCUT2D eigenvalue weighted by molar-refractivity contribution is 6.14. The highest BCUT2D eigenvalue weighted by Gasteiger charge is 2.16. The van der Waals surface area contributed by atoms with E-state index < -0.39 is 16.4 Å². The third kappa shape index (κ3) is 2.59. The molecule has 0 unspecified atom stereocenters. The fourth-order valence-electron chi connectivity index (χ4n) is 2.93. The molecule has 0 aliphatic carbocycles. The van der Waals surface area contributed by atoms with Crippen molar-refractivity contribution in [2.45, 2.75) is 0 Å². The number of nitrogens with zero attached hydrogens (tertiary/aromatic N) is 1. The number of rotatable bonds is 3. The van der Waals surface area contributed by atoms with Gasteiger partial charge in [0.2, 0.25) is 5.56 Å². The van der Waals surface area contributed by atoms with Crippen LogP contribution in [-0.2, 0) is 0 Å². The molecule has 0 spiro atoms. The van der Waals surface area contributed by atoms with E-state index in [1.54, 1.807) is 18.3 Å². The lowest BCUT2D eigenvalue weighted by molar-refractivity contribution is -0.384. The van der Waals surface area contributed by atoms with Gasteiger partial charge in [-0.25, -0.2) is 0 Å². The molecule has 0 saturated carbocycles. The minimum atomic E-state index is -0.549. The Morgan fingerprint density at radius 2 is 1.88 bits per heavy atom. The monoisotopic (exact) mass is 348 g/mol. The molecule has 3 N–H and O–H groups in total. The van der Waals surface area contributed by atoms with Crippen LogP contribution < -0.4 is 10.9 Å². The van der Waals surface area contributed by atoms with E-state index in [1.807, 2.05) is 12.1 Å². The van der Waals surface area contributed by atoms with Crippen molar-refractivity contribution in [1.82, 2.24) is 9.97 Å². The van der Waals surface area contributed by atoms with Crippen molar-refractivity contribution >= 4 is 39.1 Å². The van der Waals surface area contributed by atoms with Crippen LogP contribution in [0.1, 0.15) is 10.4 Å². The average molecular weight is 348 g/mol. The normalized spacial score (nSPS) is 10.9. The maximum Gasteiger partial charge on any atom is 0.270 e. The molecule has 2 heterocycles. The van der Waals surface area contributed by atoms with Gasteiger partial charge < -0.3 is 15.3 Å². The Morgan fingerprint density at radius 1 is 1.04 bits per heavy atom. The molecule has 26 heavy (non-hydrogen) atoms. The summed E-state index contributed by atoms with van der Waals surface area (Å²) in [6.07, 6.45) is 1.76. The van der Waals surface area contributed by atoms with E-state index in [2.05, 4.69) is 15.3 Å². The van der Waals surface area contributed by atoms with Crippen LogP contribution in [0.3, 0.4) is 0 Å².